The molecule has 3 amide bonds. The molecule has 0 spiro atoms. The number of methoxy groups -OCH3 is 1. The predicted octanol–water partition coefficient (Wildman–Crippen LogP) is 5.80. The molecule has 0 aromatic heterocycles. The van der Waals surface area contributed by atoms with Crippen LogP contribution in [0.1, 0.15) is 49.7 Å². The third-order valence-electron chi connectivity index (χ3n) is 8.64. The van der Waals surface area contributed by atoms with E-state index in [0.717, 1.165) is 41.5 Å². The Balaban J connectivity index is 1.13. The van der Waals surface area contributed by atoms with Gasteiger partial charge in [-0.15, -0.1) is 0 Å². The second-order valence-electron chi connectivity index (χ2n) is 11.7. The van der Waals surface area contributed by atoms with Gasteiger partial charge < -0.3 is 14.8 Å². The summed E-state index contributed by atoms with van der Waals surface area (Å²) >= 11 is 0.780. The van der Waals surface area contributed by atoms with E-state index in [-0.39, 0.29) is 22.8 Å². The first-order chi connectivity index (χ1) is 19.2. The van der Waals surface area contributed by atoms with E-state index in [2.05, 4.69) is 5.32 Å². The van der Waals surface area contributed by atoms with Crippen molar-refractivity contribution in [3.63, 3.8) is 0 Å². The zero-order valence-electron chi connectivity index (χ0n) is 22.6. The minimum absolute atomic E-state index is 0.164. The number of carbonyl (C=O) groups is 4. The van der Waals surface area contributed by atoms with Crippen LogP contribution in [0.4, 0.5) is 10.5 Å². The highest BCUT2D eigenvalue weighted by Gasteiger charge is 2.55. The van der Waals surface area contributed by atoms with Gasteiger partial charge in [-0.3, -0.25) is 24.1 Å². The zero-order chi connectivity index (χ0) is 28.0. The molecule has 1 heterocycles. The van der Waals surface area contributed by atoms with Crippen LogP contribution in [0.15, 0.2) is 47.4 Å². The summed E-state index contributed by atoms with van der Waals surface area (Å²) in [5, 5.41) is 2.21. The maximum Gasteiger partial charge on any atom is 0.317 e. The van der Waals surface area contributed by atoms with Crippen molar-refractivity contribution < 1.29 is 28.7 Å². The molecule has 4 aliphatic carbocycles. The van der Waals surface area contributed by atoms with Crippen LogP contribution >= 0.6 is 11.8 Å². The van der Waals surface area contributed by atoms with Gasteiger partial charge in [0, 0.05) is 5.69 Å². The molecule has 2 aromatic carbocycles. The monoisotopic (exact) mass is 560 g/mol. The summed E-state index contributed by atoms with van der Waals surface area (Å²) in [6.07, 6.45) is 8.05. The number of nitrogens with zero attached hydrogens (tertiary/aromatic N) is 1. The average molecular weight is 561 g/mol. The third kappa shape index (κ3) is 5.14. The second kappa shape index (κ2) is 10.4. The number of hydrogen-bond acceptors (Lipinski definition) is 7. The zero-order valence-corrected chi connectivity index (χ0v) is 23.4. The lowest BCUT2D eigenvalue weighted by Crippen LogP contribution is -2.51. The molecule has 208 valence electrons. The number of carbonyl (C=O) groups excluding carboxylic acids is 4. The number of esters is 1. The van der Waals surface area contributed by atoms with E-state index in [1.54, 1.807) is 30.3 Å². The molecule has 1 aliphatic heterocycles. The minimum Gasteiger partial charge on any atom is -0.493 e. The van der Waals surface area contributed by atoms with Gasteiger partial charge in [0.2, 0.25) is 5.91 Å². The molecule has 8 nitrogen and oxygen atoms in total. The topological polar surface area (TPSA) is 102 Å². The van der Waals surface area contributed by atoms with Gasteiger partial charge in [0.25, 0.3) is 11.1 Å². The number of imide groups is 1. The molecule has 1 saturated heterocycles. The van der Waals surface area contributed by atoms with Crippen LogP contribution in [-0.4, -0.2) is 41.6 Å². The van der Waals surface area contributed by atoms with Crippen molar-refractivity contribution in [2.24, 2.45) is 23.2 Å². The Kier molecular flexibility index (Phi) is 6.94. The van der Waals surface area contributed by atoms with Gasteiger partial charge in [-0.2, -0.15) is 0 Å². The summed E-state index contributed by atoms with van der Waals surface area (Å²) in [6.45, 7) is 1.53. The summed E-state index contributed by atoms with van der Waals surface area (Å²) in [7, 11) is 1.50. The first-order valence-electron chi connectivity index (χ1n) is 13.7. The van der Waals surface area contributed by atoms with Crippen molar-refractivity contribution in [3.8, 4) is 11.5 Å². The Morgan fingerprint density at radius 3 is 2.38 bits per heavy atom. The van der Waals surface area contributed by atoms with Gasteiger partial charge >= 0.3 is 5.97 Å². The maximum atomic E-state index is 13.4. The Labute approximate surface area is 237 Å². The summed E-state index contributed by atoms with van der Waals surface area (Å²) in [4.78, 5) is 52.6. The predicted molar refractivity (Wildman–Crippen MR) is 152 cm³/mol. The van der Waals surface area contributed by atoms with E-state index in [1.165, 1.54) is 26.4 Å². The highest BCUT2D eigenvalue weighted by Crippen LogP contribution is 2.60. The van der Waals surface area contributed by atoms with Crippen LogP contribution in [0.3, 0.4) is 0 Å². The van der Waals surface area contributed by atoms with Crippen molar-refractivity contribution >= 4 is 46.5 Å². The molecule has 0 atom stereocenters. The second-order valence-corrected chi connectivity index (χ2v) is 12.7. The number of amides is 3. The van der Waals surface area contributed by atoms with E-state index in [1.807, 2.05) is 25.1 Å². The number of nitrogens with one attached hydrogen (secondary N) is 1. The van der Waals surface area contributed by atoms with Crippen molar-refractivity contribution in [2.75, 3.05) is 19.0 Å². The minimum atomic E-state index is -0.536. The number of aryl methyl sites for hydroxylation is 1. The van der Waals surface area contributed by atoms with Crippen LogP contribution in [0.25, 0.3) is 6.08 Å². The molecule has 7 rings (SSSR count). The number of benzene rings is 2. The number of rotatable bonds is 7. The van der Waals surface area contributed by atoms with E-state index in [0.29, 0.717) is 40.5 Å². The van der Waals surface area contributed by atoms with Gasteiger partial charge in [0.1, 0.15) is 6.54 Å². The standard InChI is InChI=1S/C31H32N2O6S/c1-18-4-3-5-23(8-18)32-27(34)17-33-28(35)26(40-30(33)37)13-19-6-7-24(25(12-19)38-2)39-29(36)31-14-20-9-21(15-31)11-22(10-20)16-31/h3-8,12-13,20-22H,9-11,14-17H2,1-2H3,(H,32,34)/b26-13-. The summed E-state index contributed by atoms with van der Waals surface area (Å²) in [5.74, 6) is 1.46. The van der Waals surface area contributed by atoms with E-state index in [9.17, 15) is 19.2 Å². The Morgan fingerprint density at radius 2 is 1.73 bits per heavy atom. The SMILES string of the molecule is COc1cc(/C=C2\SC(=O)N(CC(=O)Nc3cccc(C)c3)C2=O)ccc1OC(=O)C12CC3CC(CC(C3)C1)C2. The summed E-state index contributed by atoms with van der Waals surface area (Å²) in [6, 6.07) is 12.4. The molecule has 4 saturated carbocycles. The molecule has 0 unspecified atom stereocenters. The first-order valence-corrected chi connectivity index (χ1v) is 14.6. The molecular weight excluding hydrogens is 528 g/mol. The number of anilines is 1. The van der Waals surface area contributed by atoms with Gasteiger partial charge in [-0.25, -0.2) is 0 Å². The first kappa shape index (κ1) is 26.6. The summed E-state index contributed by atoms with van der Waals surface area (Å²) < 4.78 is 11.5. The smallest absolute Gasteiger partial charge is 0.317 e. The highest BCUT2D eigenvalue weighted by atomic mass is 32.2. The molecule has 1 N–H and O–H groups in total. The molecule has 9 heteroatoms. The average Bonchev–Trinajstić information content (AvgIpc) is 3.15. The lowest BCUT2D eigenvalue weighted by Gasteiger charge is -2.55. The Bertz CT molecular complexity index is 1400. The van der Waals surface area contributed by atoms with Crippen LogP contribution in [0.5, 0.6) is 11.5 Å². The van der Waals surface area contributed by atoms with Gasteiger partial charge in [-0.05, 0) is 116 Å². The molecule has 4 bridgehead atoms. The molecule has 5 aliphatic rings. The molecular formula is C31H32N2O6S. The van der Waals surface area contributed by atoms with Crippen molar-refractivity contribution in [3.05, 3.63) is 58.5 Å². The van der Waals surface area contributed by atoms with Crippen LogP contribution in [0.2, 0.25) is 0 Å². The fraction of sp³-hybridized carbons (Fsp3) is 0.419. The lowest BCUT2D eigenvalue weighted by molar-refractivity contribution is -0.161. The van der Waals surface area contributed by atoms with Gasteiger partial charge in [0.05, 0.1) is 17.4 Å². The van der Waals surface area contributed by atoms with Crippen LogP contribution in [0, 0.1) is 30.1 Å². The number of thioether (sulfide) groups is 1. The lowest BCUT2D eigenvalue weighted by atomic mass is 9.49. The van der Waals surface area contributed by atoms with Crippen LogP contribution < -0.4 is 14.8 Å². The van der Waals surface area contributed by atoms with Gasteiger partial charge in [0.15, 0.2) is 11.5 Å². The van der Waals surface area contributed by atoms with Crippen molar-refractivity contribution in [1.82, 2.24) is 4.90 Å². The quantitative estimate of drug-likeness (QED) is 0.259. The van der Waals surface area contributed by atoms with E-state index >= 15 is 0 Å². The van der Waals surface area contributed by atoms with Crippen LogP contribution in [-0.2, 0) is 14.4 Å². The Hall–Kier alpha value is -3.59. The van der Waals surface area contributed by atoms with E-state index < -0.39 is 17.1 Å². The summed E-state index contributed by atoms with van der Waals surface area (Å²) in [5.41, 5.74) is 1.81. The van der Waals surface area contributed by atoms with Crippen molar-refractivity contribution in [2.45, 2.75) is 45.4 Å². The molecule has 40 heavy (non-hydrogen) atoms. The molecule has 0 radical (unpaired) electrons. The Morgan fingerprint density at radius 1 is 1.02 bits per heavy atom. The largest absolute Gasteiger partial charge is 0.493 e. The molecule has 2 aromatic rings. The van der Waals surface area contributed by atoms with Gasteiger partial charge in [-0.1, -0.05) is 18.2 Å². The third-order valence-corrected chi connectivity index (χ3v) is 9.54. The molecule has 5 fully saturated rings. The number of ether oxygens (including phenoxy) is 2. The highest BCUT2D eigenvalue weighted by molar-refractivity contribution is 8.18. The maximum absolute atomic E-state index is 13.4. The van der Waals surface area contributed by atoms with Crippen molar-refractivity contribution in [1.29, 1.82) is 0 Å². The number of hydrogen-bond donors (Lipinski definition) is 1. The normalized spacial score (nSPS) is 27.8. The fourth-order valence-corrected chi connectivity index (χ4v) is 8.12. The van der Waals surface area contributed by atoms with E-state index in [4.69, 9.17) is 9.47 Å². The fourth-order valence-electron chi connectivity index (χ4n) is 7.28.